The number of rotatable bonds is 5. The Morgan fingerprint density at radius 1 is 1.56 bits per heavy atom. The summed E-state index contributed by atoms with van der Waals surface area (Å²) in [6, 6.07) is 4.66. The number of benzene rings is 1. The molecule has 1 amide bonds. The topological polar surface area (TPSA) is 52.6 Å². The van der Waals surface area contributed by atoms with E-state index in [2.05, 4.69) is 5.32 Å². The van der Waals surface area contributed by atoms with Gasteiger partial charge >= 0.3 is 0 Å². The van der Waals surface area contributed by atoms with Gasteiger partial charge in [0.1, 0.15) is 5.75 Å². The van der Waals surface area contributed by atoms with Crippen molar-refractivity contribution < 1.29 is 9.90 Å². The van der Waals surface area contributed by atoms with E-state index in [-0.39, 0.29) is 17.7 Å². The average Bonchev–Trinajstić information content (AvgIpc) is 2.36. The second-order valence-electron chi connectivity index (χ2n) is 4.19. The fourth-order valence-electron chi connectivity index (χ4n) is 1.55. The van der Waals surface area contributed by atoms with Crippen molar-refractivity contribution in [1.82, 2.24) is 10.2 Å². The molecule has 0 spiro atoms. The molecule has 100 valence electrons. The molecule has 0 radical (unpaired) electrons. The lowest BCUT2D eigenvalue weighted by molar-refractivity contribution is -0.131. The first kappa shape index (κ1) is 14.8. The van der Waals surface area contributed by atoms with E-state index in [1.807, 2.05) is 6.92 Å². The van der Waals surface area contributed by atoms with Crippen LogP contribution >= 0.6 is 11.6 Å². The highest BCUT2D eigenvalue weighted by Gasteiger charge is 2.16. The number of hydrogen-bond donors (Lipinski definition) is 2. The third kappa shape index (κ3) is 3.62. The zero-order chi connectivity index (χ0) is 13.7. The van der Waals surface area contributed by atoms with Gasteiger partial charge in [-0.3, -0.25) is 4.79 Å². The molecule has 0 bridgehead atoms. The lowest BCUT2D eigenvalue weighted by atomic mass is 10.2. The van der Waals surface area contributed by atoms with Gasteiger partial charge in [0, 0.05) is 30.7 Å². The van der Waals surface area contributed by atoms with Crippen LogP contribution in [0.4, 0.5) is 0 Å². The van der Waals surface area contributed by atoms with E-state index in [4.69, 9.17) is 11.6 Å². The molecule has 1 aromatic rings. The van der Waals surface area contributed by atoms with E-state index in [0.717, 1.165) is 0 Å². The lowest BCUT2D eigenvalue weighted by Gasteiger charge is -2.21. The summed E-state index contributed by atoms with van der Waals surface area (Å²) in [6.45, 7) is 4.74. The van der Waals surface area contributed by atoms with Gasteiger partial charge in [-0.2, -0.15) is 0 Å². The second kappa shape index (κ2) is 6.61. The number of nitrogens with zero attached hydrogens (tertiary/aromatic N) is 1. The average molecular weight is 271 g/mol. The zero-order valence-corrected chi connectivity index (χ0v) is 11.7. The smallest absolute Gasteiger partial charge is 0.239 e. The summed E-state index contributed by atoms with van der Waals surface area (Å²) in [7, 11) is 1.76. The van der Waals surface area contributed by atoms with Crippen molar-refractivity contribution in [3.05, 3.63) is 28.8 Å². The van der Waals surface area contributed by atoms with E-state index < -0.39 is 0 Å². The first-order chi connectivity index (χ1) is 8.47. The number of carbonyl (C=O) groups is 1. The van der Waals surface area contributed by atoms with Crippen molar-refractivity contribution in [2.45, 2.75) is 26.4 Å². The van der Waals surface area contributed by atoms with Gasteiger partial charge in [-0.05, 0) is 26.0 Å². The van der Waals surface area contributed by atoms with Crippen LogP contribution in [0.1, 0.15) is 19.4 Å². The Morgan fingerprint density at radius 3 is 2.78 bits per heavy atom. The molecule has 0 saturated heterocycles. The molecule has 1 rings (SSSR count). The Morgan fingerprint density at radius 2 is 2.22 bits per heavy atom. The molecular formula is C13H19ClN2O2. The molecule has 5 heteroatoms. The molecular weight excluding hydrogens is 252 g/mol. The lowest BCUT2D eigenvalue weighted by Crippen LogP contribution is -2.42. The van der Waals surface area contributed by atoms with Crippen molar-refractivity contribution in [2.24, 2.45) is 0 Å². The predicted molar refractivity (Wildman–Crippen MR) is 72.7 cm³/mol. The molecule has 1 atom stereocenters. The Bertz CT molecular complexity index is 403. The Balaban J connectivity index is 2.63. The van der Waals surface area contributed by atoms with Crippen LogP contribution in [0.5, 0.6) is 5.75 Å². The third-order valence-electron chi connectivity index (χ3n) is 2.90. The SMILES string of the molecule is CCN(C)C(=O)C(C)NCc1c(O)cccc1Cl. The fraction of sp³-hybridized carbons (Fsp3) is 0.462. The monoisotopic (exact) mass is 270 g/mol. The van der Waals surface area contributed by atoms with E-state index in [9.17, 15) is 9.90 Å². The number of halogens is 1. The summed E-state index contributed by atoms with van der Waals surface area (Å²) in [5.41, 5.74) is 0.609. The van der Waals surface area contributed by atoms with Crippen molar-refractivity contribution in [3.63, 3.8) is 0 Å². The quantitative estimate of drug-likeness (QED) is 0.861. The van der Waals surface area contributed by atoms with Gasteiger partial charge in [0.15, 0.2) is 0 Å². The van der Waals surface area contributed by atoms with Gasteiger partial charge in [0.2, 0.25) is 5.91 Å². The molecule has 0 heterocycles. The summed E-state index contributed by atoms with van der Waals surface area (Å²) in [4.78, 5) is 13.5. The minimum absolute atomic E-state index is 0.0176. The van der Waals surface area contributed by atoms with Crippen LogP contribution in [0.2, 0.25) is 5.02 Å². The summed E-state index contributed by atoms with van der Waals surface area (Å²) in [5, 5.41) is 13.2. The standard InChI is InChI=1S/C13H19ClN2O2/c1-4-16(3)13(18)9(2)15-8-10-11(14)6-5-7-12(10)17/h5-7,9,15,17H,4,8H2,1-3H3. The molecule has 0 fully saturated rings. The van der Waals surface area contributed by atoms with E-state index in [1.54, 1.807) is 37.1 Å². The van der Waals surface area contributed by atoms with Gasteiger partial charge in [0.05, 0.1) is 6.04 Å². The van der Waals surface area contributed by atoms with Gasteiger partial charge in [-0.25, -0.2) is 0 Å². The highest BCUT2D eigenvalue weighted by Crippen LogP contribution is 2.24. The third-order valence-corrected chi connectivity index (χ3v) is 3.25. The van der Waals surface area contributed by atoms with Gasteiger partial charge in [-0.1, -0.05) is 17.7 Å². The van der Waals surface area contributed by atoms with Gasteiger partial charge in [-0.15, -0.1) is 0 Å². The number of carbonyl (C=O) groups excluding carboxylic acids is 1. The summed E-state index contributed by atoms with van der Waals surface area (Å²) in [5.74, 6) is 0.155. The number of aromatic hydroxyl groups is 1. The molecule has 2 N–H and O–H groups in total. The van der Waals surface area contributed by atoms with Crippen molar-refractivity contribution in [1.29, 1.82) is 0 Å². The maximum absolute atomic E-state index is 11.8. The highest BCUT2D eigenvalue weighted by atomic mass is 35.5. The predicted octanol–water partition coefficient (Wildman–Crippen LogP) is 2.00. The molecule has 18 heavy (non-hydrogen) atoms. The molecule has 1 aromatic carbocycles. The normalized spacial score (nSPS) is 12.2. The van der Waals surface area contributed by atoms with E-state index in [1.165, 1.54) is 0 Å². The molecule has 0 aliphatic heterocycles. The Hall–Kier alpha value is -1.26. The highest BCUT2D eigenvalue weighted by molar-refractivity contribution is 6.31. The minimum atomic E-state index is -0.314. The maximum atomic E-state index is 11.8. The van der Waals surface area contributed by atoms with Crippen LogP contribution in [-0.2, 0) is 11.3 Å². The molecule has 0 aromatic heterocycles. The van der Waals surface area contributed by atoms with Crippen LogP contribution in [-0.4, -0.2) is 35.5 Å². The van der Waals surface area contributed by atoms with Crippen molar-refractivity contribution in [2.75, 3.05) is 13.6 Å². The second-order valence-corrected chi connectivity index (χ2v) is 4.60. The van der Waals surface area contributed by atoms with E-state index in [0.29, 0.717) is 23.7 Å². The van der Waals surface area contributed by atoms with Crippen molar-refractivity contribution >= 4 is 17.5 Å². The molecule has 0 aliphatic carbocycles. The van der Waals surface area contributed by atoms with E-state index >= 15 is 0 Å². The molecule has 0 saturated carbocycles. The summed E-state index contributed by atoms with van der Waals surface area (Å²) < 4.78 is 0. The van der Waals surface area contributed by atoms with Crippen molar-refractivity contribution in [3.8, 4) is 5.75 Å². The summed E-state index contributed by atoms with van der Waals surface area (Å²) in [6.07, 6.45) is 0. The summed E-state index contributed by atoms with van der Waals surface area (Å²) >= 11 is 5.99. The first-order valence-electron chi connectivity index (χ1n) is 5.92. The fourth-order valence-corrected chi connectivity index (χ4v) is 1.79. The van der Waals surface area contributed by atoms with Crippen LogP contribution in [0, 0.1) is 0 Å². The van der Waals surface area contributed by atoms with Crippen LogP contribution in [0.3, 0.4) is 0 Å². The molecule has 0 aliphatic rings. The number of hydrogen-bond acceptors (Lipinski definition) is 3. The maximum Gasteiger partial charge on any atom is 0.239 e. The van der Waals surface area contributed by atoms with Gasteiger partial charge in [0.25, 0.3) is 0 Å². The molecule has 1 unspecified atom stereocenters. The largest absolute Gasteiger partial charge is 0.508 e. The van der Waals surface area contributed by atoms with Crippen LogP contribution in [0.25, 0.3) is 0 Å². The number of nitrogens with one attached hydrogen (secondary N) is 1. The number of likely N-dealkylation sites (N-methyl/N-ethyl adjacent to an activating group) is 1. The Kier molecular flexibility index (Phi) is 5.44. The first-order valence-corrected chi connectivity index (χ1v) is 6.29. The Labute approximate surface area is 113 Å². The number of amides is 1. The van der Waals surface area contributed by atoms with Crippen LogP contribution < -0.4 is 5.32 Å². The number of phenols is 1. The number of phenolic OH excluding ortho intramolecular Hbond substituents is 1. The minimum Gasteiger partial charge on any atom is -0.508 e. The molecule has 4 nitrogen and oxygen atoms in total. The van der Waals surface area contributed by atoms with Crippen LogP contribution in [0.15, 0.2) is 18.2 Å². The van der Waals surface area contributed by atoms with Gasteiger partial charge < -0.3 is 15.3 Å². The zero-order valence-electron chi connectivity index (χ0n) is 10.9.